The predicted molar refractivity (Wildman–Crippen MR) is 84.6 cm³/mol. The first kappa shape index (κ1) is 17.3. The van der Waals surface area contributed by atoms with Gasteiger partial charge in [0, 0.05) is 13.1 Å². The third-order valence-electron chi connectivity index (χ3n) is 3.55. The summed E-state index contributed by atoms with van der Waals surface area (Å²) in [4.78, 5) is 13.5. The smallest absolute Gasteiger partial charge is 0.410 e. The van der Waals surface area contributed by atoms with Crippen molar-refractivity contribution in [3.63, 3.8) is 0 Å². The van der Waals surface area contributed by atoms with E-state index >= 15 is 0 Å². The van der Waals surface area contributed by atoms with E-state index in [1.165, 1.54) is 17.0 Å². The van der Waals surface area contributed by atoms with Gasteiger partial charge in [-0.3, -0.25) is 0 Å². The monoisotopic (exact) mass is 336 g/mol. The highest BCUT2D eigenvalue weighted by Crippen LogP contribution is 2.27. The number of ether oxygens (including phenoxy) is 1. The number of likely N-dealkylation sites (tertiary alicyclic amines) is 1. The molecule has 7 heteroatoms. The number of hydrogen-bond acceptors (Lipinski definition) is 5. The van der Waals surface area contributed by atoms with Gasteiger partial charge in [-0.1, -0.05) is 12.1 Å². The molecule has 6 nitrogen and oxygen atoms in total. The van der Waals surface area contributed by atoms with Crippen molar-refractivity contribution in [2.24, 2.45) is 0 Å². The fourth-order valence-corrected chi connectivity index (χ4v) is 4.30. The van der Waals surface area contributed by atoms with Crippen LogP contribution in [-0.4, -0.2) is 43.4 Å². The lowest BCUT2D eigenvalue weighted by atomic mass is 10.2. The van der Waals surface area contributed by atoms with Crippen LogP contribution in [0.1, 0.15) is 32.8 Å². The molecule has 1 aromatic rings. The maximum absolute atomic E-state index is 12.7. The Hall–Kier alpha value is -2.07. The molecule has 0 aliphatic carbocycles. The quantitative estimate of drug-likeness (QED) is 0.827. The van der Waals surface area contributed by atoms with E-state index in [2.05, 4.69) is 0 Å². The molecule has 0 N–H and O–H groups in total. The van der Waals surface area contributed by atoms with Gasteiger partial charge in [-0.2, -0.15) is 5.26 Å². The summed E-state index contributed by atoms with van der Waals surface area (Å²) in [5, 5.41) is 8.38. The highest BCUT2D eigenvalue weighted by molar-refractivity contribution is 7.92. The van der Waals surface area contributed by atoms with Gasteiger partial charge in [0.1, 0.15) is 11.7 Å². The average molecular weight is 336 g/mol. The molecule has 1 atom stereocenters. The molecular formula is C16H20N2O4S. The first-order valence-corrected chi connectivity index (χ1v) is 8.91. The topological polar surface area (TPSA) is 87.5 Å². The van der Waals surface area contributed by atoms with E-state index in [1.54, 1.807) is 32.9 Å². The highest BCUT2D eigenvalue weighted by Gasteiger charge is 2.38. The molecule has 0 bridgehead atoms. The molecular weight excluding hydrogens is 316 g/mol. The Labute approximate surface area is 136 Å². The van der Waals surface area contributed by atoms with E-state index in [4.69, 9.17) is 10.00 Å². The maximum atomic E-state index is 12.7. The van der Waals surface area contributed by atoms with Gasteiger partial charge in [0.2, 0.25) is 0 Å². The zero-order valence-electron chi connectivity index (χ0n) is 13.4. The summed E-state index contributed by atoms with van der Waals surface area (Å²) >= 11 is 0. The van der Waals surface area contributed by atoms with Crippen LogP contribution in [0.25, 0.3) is 0 Å². The summed E-state index contributed by atoms with van der Waals surface area (Å²) in [5.41, 5.74) is -0.496. The van der Waals surface area contributed by atoms with Crippen LogP contribution in [0.4, 0.5) is 4.79 Å². The van der Waals surface area contributed by atoms with Crippen molar-refractivity contribution >= 4 is 15.9 Å². The van der Waals surface area contributed by atoms with Gasteiger partial charge in [-0.05, 0) is 39.3 Å². The van der Waals surface area contributed by atoms with E-state index in [0.29, 0.717) is 13.0 Å². The first-order chi connectivity index (χ1) is 10.6. The van der Waals surface area contributed by atoms with Gasteiger partial charge in [-0.15, -0.1) is 0 Å². The Bertz CT molecular complexity index is 744. The molecule has 1 aliphatic rings. The van der Waals surface area contributed by atoms with Gasteiger partial charge in [0.15, 0.2) is 9.84 Å². The number of amides is 1. The third kappa shape index (κ3) is 3.82. The lowest BCUT2D eigenvalue weighted by Crippen LogP contribution is -2.36. The lowest BCUT2D eigenvalue weighted by Gasteiger charge is -2.24. The molecule has 23 heavy (non-hydrogen) atoms. The normalized spacial score (nSPS) is 18.5. The number of sulfone groups is 1. The van der Waals surface area contributed by atoms with Crippen LogP contribution in [-0.2, 0) is 14.6 Å². The minimum atomic E-state index is -3.66. The van der Waals surface area contributed by atoms with E-state index in [-0.39, 0.29) is 17.0 Å². The molecule has 1 aromatic carbocycles. The van der Waals surface area contributed by atoms with E-state index in [0.717, 1.165) is 0 Å². The van der Waals surface area contributed by atoms with E-state index in [1.807, 2.05) is 6.07 Å². The summed E-state index contributed by atoms with van der Waals surface area (Å²) < 4.78 is 30.7. The number of carbonyl (C=O) groups is 1. The standard InChI is InChI=1S/C16H20N2O4S/c1-16(2,3)22-15(19)18-9-8-13(11-18)23(20,21)14-7-5-4-6-12(14)10-17/h4-7,13H,8-9,11H2,1-3H3/t13-/m0/s1. The van der Waals surface area contributed by atoms with Gasteiger partial charge < -0.3 is 9.64 Å². The van der Waals surface area contributed by atoms with Crippen molar-refractivity contribution in [2.75, 3.05) is 13.1 Å². The van der Waals surface area contributed by atoms with Gasteiger partial charge in [0.25, 0.3) is 0 Å². The molecule has 0 aromatic heterocycles. The third-order valence-corrected chi connectivity index (χ3v) is 5.78. The van der Waals surface area contributed by atoms with Crippen molar-refractivity contribution < 1.29 is 17.9 Å². The summed E-state index contributed by atoms with van der Waals surface area (Å²) in [6.45, 7) is 5.69. The Morgan fingerprint density at radius 1 is 1.35 bits per heavy atom. The zero-order chi connectivity index (χ0) is 17.3. The molecule has 0 radical (unpaired) electrons. The maximum Gasteiger partial charge on any atom is 0.410 e. The molecule has 1 fully saturated rings. The fourth-order valence-electron chi connectivity index (χ4n) is 2.46. The number of rotatable bonds is 2. The first-order valence-electron chi connectivity index (χ1n) is 7.36. The van der Waals surface area contributed by atoms with Crippen LogP contribution in [0.3, 0.4) is 0 Å². The molecule has 0 saturated carbocycles. The van der Waals surface area contributed by atoms with Crippen LogP contribution < -0.4 is 0 Å². The van der Waals surface area contributed by atoms with Crippen molar-refractivity contribution in [1.29, 1.82) is 5.26 Å². The summed E-state index contributed by atoms with van der Waals surface area (Å²) in [5.74, 6) is 0. The molecule has 0 spiro atoms. The second kappa shape index (κ2) is 6.20. The molecule has 1 amide bonds. The molecule has 0 unspecified atom stereocenters. The van der Waals surface area contributed by atoms with Crippen molar-refractivity contribution in [1.82, 2.24) is 4.90 Å². The van der Waals surface area contributed by atoms with Crippen LogP contribution in [0.2, 0.25) is 0 Å². The van der Waals surface area contributed by atoms with Gasteiger partial charge in [0.05, 0.1) is 15.7 Å². The Kier molecular flexibility index (Phi) is 4.66. The summed E-state index contributed by atoms with van der Waals surface area (Å²) in [6, 6.07) is 8.04. The zero-order valence-corrected chi connectivity index (χ0v) is 14.3. The minimum Gasteiger partial charge on any atom is -0.444 e. The predicted octanol–water partition coefficient (Wildman–Crippen LogP) is 2.34. The Balaban J connectivity index is 2.18. The molecule has 124 valence electrons. The Morgan fingerprint density at radius 3 is 2.61 bits per heavy atom. The van der Waals surface area contributed by atoms with Gasteiger partial charge in [-0.25, -0.2) is 13.2 Å². The summed E-state index contributed by atoms with van der Waals surface area (Å²) in [6.07, 6.45) is -0.176. The van der Waals surface area contributed by atoms with Crippen LogP contribution >= 0.6 is 0 Å². The fraction of sp³-hybridized carbons (Fsp3) is 0.500. The van der Waals surface area contributed by atoms with Crippen LogP contribution in [0.5, 0.6) is 0 Å². The largest absolute Gasteiger partial charge is 0.444 e. The minimum absolute atomic E-state index is 0.0264. The van der Waals surface area contributed by atoms with Crippen molar-refractivity contribution in [3.05, 3.63) is 29.8 Å². The van der Waals surface area contributed by atoms with Crippen molar-refractivity contribution in [2.45, 2.75) is 42.9 Å². The second-order valence-corrected chi connectivity index (χ2v) is 8.69. The number of benzene rings is 1. The highest BCUT2D eigenvalue weighted by atomic mass is 32.2. The van der Waals surface area contributed by atoms with Crippen LogP contribution in [0.15, 0.2) is 29.2 Å². The number of nitriles is 1. The van der Waals surface area contributed by atoms with E-state index < -0.39 is 26.8 Å². The SMILES string of the molecule is CC(C)(C)OC(=O)N1CC[C@H](S(=O)(=O)c2ccccc2C#N)C1. The number of hydrogen-bond donors (Lipinski definition) is 0. The Morgan fingerprint density at radius 2 is 2.00 bits per heavy atom. The lowest BCUT2D eigenvalue weighted by molar-refractivity contribution is 0.0295. The summed E-state index contributed by atoms with van der Waals surface area (Å²) in [7, 11) is -3.66. The average Bonchev–Trinajstić information content (AvgIpc) is 2.96. The van der Waals surface area contributed by atoms with E-state index in [9.17, 15) is 13.2 Å². The second-order valence-electron chi connectivity index (χ2n) is 6.49. The molecule has 2 rings (SSSR count). The molecule has 1 saturated heterocycles. The van der Waals surface area contributed by atoms with Crippen LogP contribution in [0, 0.1) is 11.3 Å². The van der Waals surface area contributed by atoms with Gasteiger partial charge >= 0.3 is 6.09 Å². The van der Waals surface area contributed by atoms with Crippen molar-refractivity contribution in [3.8, 4) is 6.07 Å². The number of nitrogens with zero attached hydrogens (tertiary/aromatic N) is 2. The molecule has 1 aliphatic heterocycles. The molecule has 1 heterocycles. The number of carbonyl (C=O) groups excluding carboxylic acids is 1.